The highest BCUT2D eigenvalue weighted by Crippen LogP contribution is 2.18. The Morgan fingerprint density at radius 1 is 1.15 bits per heavy atom. The third-order valence-electron chi connectivity index (χ3n) is 3.14. The topological polar surface area (TPSA) is 70.9 Å². The molecule has 0 saturated carbocycles. The van der Waals surface area contributed by atoms with Crippen LogP contribution < -0.4 is 5.32 Å². The Bertz CT molecular complexity index is 758. The molecule has 5 nitrogen and oxygen atoms in total. The molecule has 2 N–H and O–H groups in total. The number of nitrogens with zero attached hydrogens (tertiary/aromatic N) is 3. The molecule has 0 amide bonds. The minimum Gasteiger partial charge on any atom is -0.508 e. The van der Waals surface area contributed by atoms with Crippen molar-refractivity contribution in [1.82, 2.24) is 15.0 Å². The lowest BCUT2D eigenvalue weighted by Crippen LogP contribution is -2.04. The van der Waals surface area contributed by atoms with Crippen LogP contribution in [0.15, 0.2) is 42.7 Å². The average molecular weight is 266 g/mol. The van der Waals surface area contributed by atoms with Crippen LogP contribution in [0.5, 0.6) is 5.75 Å². The maximum atomic E-state index is 9.71. The highest BCUT2D eigenvalue weighted by atomic mass is 16.3. The minimum atomic E-state index is 0.265. The first-order valence-corrected chi connectivity index (χ1v) is 6.33. The van der Waals surface area contributed by atoms with Crippen molar-refractivity contribution in [3.63, 3.8) is 0 Å². The molecular weight excluding hydrogens is 252 g/mol. The predicted molar refractivity (Wildman–Crippen MR) is 77.5 cm³/mol. The number of hydrogen-bond acceptors (Lipinski definition) is 5. The van der Waals surface area contributed by atoms with Crippen LogP contribution in [0.4, 0.5) is 5.95 Å². The van der Waals surface area contributed by atoms with E-state index in [1.165, 1.54) is 0 Å². The molecule has 1 aromatic carbocycles. The van der Waals surface area contributed by atoms with Crippen molar-refractivity contribution in [1.29, 1.82) is 0 Å². The number of para-hydroxylation sites is 1. The van der Waals surface area contributed by atoms with E-state index in [1.54, 1.807) is 24.5 Å². The van der Waals surface area contributed by atoms with Crippen LogP contribution in [0.25, 0.3) is 10.9 Å². The van der Waals surface area contributed by atoms with Crippen molar-refractivity contribution in [2.24, 2.45) is 0 Å². The Balaban J connectivity index is 1.83. The largest absolute Gasteiger partial charge is 0.508 e. The molecule has 0 unspecified atom stereocenters. The number of nitrogens with one attached hydrogen (secondary N) is 1. The maximum absolute atomic E-state index is 9.71. The lowest BCUT2D eigenvalue weighted by molar-refractivity contribution is 0.469. The summed E-state index contributed by atoms with van der Waals surface area (Å²) in [4.78, 5) is 12.9. The molecular formula is C15H14N4O. The molecule has 20 heavy (non-hydrogen) atoms. The zero-order chi connectivity index (χ0) is 13.9. The van der Waals surface area contributed by atoms with Crippen molar-refractivity contribution < 1.29 is 5.11 Å². The van der Waals surface area contributed by atoms with Crippen molar-refractivity contribution in [2.75, 3.05) is 5.32 Å². The van der Waals surface area contributed by atoms with Crippen LogP contribution in [-0.4, -0.2) is 20.1 Å². The van der Waals surface area contributed by atoms with Crippen LogP contribution in [0.1, 0.15) is 11.3 Å². The number of rotatable bonds is 3. The van der Waals surface area contributed by atoms with Gasteiger partial charge in [-0.2, -0.15) is 0 Å². The number of pyridine rings is 1. The SMILES string of the molecule is Cc1nccc2nc(NCc3ccccc3O)ncc12. The Morgan fingerprint density at radius 3 is 2.85 bits per heavy atom. The fraction of sp³-hybridized carbons (Fsp3) is 0.133. The molecule has 2 aromatic heterocycles. The fourth-order valence-electron chi connectivity index (χ4n) is 2.01. The number of anilines is 1. The van der Waals surface area contributed by atoms with Gasteiger partial charge in [0.15, 0.2) is 0 Å². The normalized spacial score (nSPS) is 10.7. The van der Waals surface area contributed by atoms with Crippen molar-refractivity contribution in [3.05, 3.63) is 54.0 Å². The molecule has 0 aliphatic rings. The third kappa shape index (κ3) is 2.38. The predicted octanol–water partition coefficient (Wildman–Crippen LogP) is 2.65. The highest BCUT2D eigenvalue weighted by Gasteiger charge is 2.04. The first-order valence-electron chi connectivity index (χ1n) is 6.33. The van der Waals surface area contributed by atoms with Gasteiger partial charge in [0.05, 0.1) is 5.52 Å². The van der Waals surface area contributed by atoms with Crippen LogP contribution in [0.2, 0.25) is 0 Å². The van der Waals surface area contributed by atoms with E-state index in [2.05, 4.69) is 20.3 Å². The molecule has 0 bridgehead atoms. The number of phenols is 1. The summed E-state index contributed by atoms with van der Waals surface area (Å²) in [5.74, 6) is 0.798. The summed E-state index contributed by atoms with van der Waals surface area (Å²) in [5.41, 5.74) is 2.57. The second-order valence-electron chi connectivity index (χ2n) is 4.51. The van der Waals surface area contributed by atoms with E-state index in [-0.39, 0.29) is 5.75 Å². The summed E-state index contributed by atoms with van der Waals surface area (Å²) in [5, 5.41) is 13.8. The number of aromatic hydroxyl groups is 1. The smallest absolute Gasteiger partial charge is 0.223 e. The lowest BCUT2D eigenvalue weighted by atomic mass is 10.2. The minimum absolute atomic E-state index is 0.265. The van der Waals surface area contributed by atoms with E-state index in [9.17, 15) is 5.11 Å². The van der Waals surface area contributed by atoms with Gasteiger partial charge in [0.1, 0.15) is 5.75 Å². The zero-order valence-corrected chi connectivity index (χ0v) is 11.0. The lowest BCUT2D eigenvalue weighted by Gasteiger charge is -2.07. The summed E-state index contributed by atoms with van der Waals surface area (Å²) in [6, 6.07) is 9.05. The van der Waals surface area contributed by atoms with E-state index in [0.717, 1.165) is 22.2 Å². The van der Waals surface area contributed by atoms with E-state index >= 15 is 0 Å². The summed E-state index contributed by atoms with van der Waals surface area (Å²) < 4.78 is 0. The molecule has 3 aromatic rings. The van der Waals surface area contributed by atoms with Gasteiger partial charge in [0.25, 0.3) is 0 Å². The monoisotopic (exact) mass is 266 g/mol. The first-order chi connectivity index (χ1) is 9.74. The number of benzene rings is 1. The zero-order valence-electron chi connectivity index (χ0n) is 11.0. The average Bonchev–Trinajstić information content (AvgIpc) is 2.46. The number of aromatic nitrogens is 3. The summed E-state index contributed by atoms with van der Waals surface area (Å²) >= 11 is 0. The second-order valence-corrected chi connectivity index (χ2v) is 4.51. The molecule has 5 heteroatoms. The van der Waals surface area contributed by atoms with Gasteiger partial charge in [-0.25, -0.2) is 9.97 Å². The summed E-state index contributed by atoms with van der Waals surface area (Å²) in [7, 11) is 0. The van der Waals surface area contributed by atoms with Gasteiger partial charge in [0, 0.05) is 35.6 Å². The van der Waals surface area contributed by atoms with E-state index in [0.29, 0.717) is 12.5 Å². The van der Waals surface area contributed by atoms with Crippen molar-refractivity contribution in [3.8, 4) is 5.75 Å². The molecule has 0 aliphatic heterocycles. The van der Waals surface area contributed by atoms with Crippen molar-refractivity contribution >= 4 is 16.9 Å². The Labute approximate surface area is 116 Å². The summed E-state index contributed by atoms with van der Waals surface area (Å²) in [6.45, 7) is 2.41. The van der Waals surface area contributed by atoms with Gasteiger partial charge < -0.3 is 10.4 Å². The van der Waals surface area contributed by atoms with E-state index in [1.807, 2.05) is 25.1 Å². The molecule has 0 radical (unpaired) electrons. The van der Waals surface area contributed by atoms with Crippen LogP contribution in [0.3, 0.4) is 0 Å². The quantitative estimate of drug-likeness (QED) is 0.762. The van der Waals surface area contributed by atoms with Gasteiger partial charge in [0.2, 0.25) is 5.95 Å². The highest BCUT2D eigenvalue weighted by molar-refractivity contribution is 5.80. The molecule has 3 rings (SSSR count). The summed E-state index contributed by atoms with van der Waals surface area (Å²) in [6.07, 6.45) is 3.50. The van der Waals surface area contributed by atoms with Gasteiger partial charge >= 0.3 is 0 Å². The third-order valence-corrected chi connectivity index (χ3v) is 3.14. The standard InChI is InChI=1S/C15H14N4O/c1-10-12-9-18-15(19-13(12)6-7-16-10)17-8-11-4-2-3-5-14(11)20/h2-7,9,20H,8H2,1H3,(H,17,18,19). The van der Waals surface area contributed by atoms with Gasteiger partial charge in [-0.3, -0.25) is 4.98 Å². The van der Waals surface area contributed by atoms with Crippen LogP contribution in [0, 0.1) is 6.92 Å². The number of aryl methyl sites for hydroxylation is 1. The van der Waals surface area contributed by atoms with Crippen LogP contribution in [-0.2, 0) is 6.54 Å². The molecule has 0 fully saturated rings. The van der Waals surface area contributed by atoms with E-state index < -0.39 is 0 Å². The Kier molecular flexibility index (Phi) is 3.16. The molecule has 0 atom stereocenters. The molecule has 2 heterocycles. The maximum Gasteiger partial charge on any atom is 0.223 e. The van der Waals surface area contributed by atoms with Gasteiger partial charge in [-0.1, -0.05) is 18.2 Å². The fourth-order valence-corrected chi connectivity index (χ4v) is 2.01. The Hall–Kier alpha value is -2.69. The second kappa shape index (κ2) is 5.13. The molecule has 0 spiro atoms. The number of hydrogen-bond donors (Lipinski definition) is 2. The molecule has 0 saturated heterocycles. The first kappa shape index (κ1) is 12.3. The van der Waals surface area contributed by atoms with Crippen molar-refractivity contribution in [2.45, 2.75) is 13.5 Å². The number of phenolic OH excluding ortho intramolecular Hbond substituents is 1. The van der Waals surface area contributed by atoms with Gasteiger partial charge in [-0.05, 0) is 19.1 Å². The Morgan fingerprint density at radius 2 is 2.00 bits per heavy atom. The van der Waals surface area contributed by atoms with E-state index in [4.69, 9.17) is 0 Å². The molecule has 0 aliphatic carbocycles. The van der Waals surface area contributed by atoms with Gasteiger partial charge in [-0.15, -0.1) is 0 Å². The molecule has 100 valence electrons. The number of fused-ring (bicyclic) bond motifs is 1. The van der Waals surface area contributed by atoms with Crippen LogP contribution >= 0.6 is 0 Å².